The van der Waals surface area contributed by atoms with Crippen LogP contribution in [0.2, 0.25) is 0 Å². The van der Waals surface area contributed by atoms with Crippen LogP contribution in [0.25, 0.3) is 0 Å². The molecule has 238 valence electrons. The van der Waals surface area contributed by atoms with Crippen LogP contribution in [0.5, 0.6) is 0 Å². The summed E-state index contributed by atoms with van der Waals surface area (Å²) in [5, 5.41) is 34.4. The molecule has 2 fully saturated rings. The number of ether oxygens (including phenoxy) is 2. The van der Waals surface area contributed by atoms with Gasteiger partial charge in [-0.2, -0.15) is 0 Å². The van der Waals surface area contributed by atoms with Gasteiger partial charge in [0.2, 0.25) is 0 Å². The fourth-order valence-corrected chi connectivity index (χ4v) is 8.05. The maximum absolute atomic E-state index is 13.1. The van der Waals surface area contributed by atoms with Gasteiger partial charge in [0.05, 0.1) is 12.2 Å². The molecule has 8 nitrogen and oxygen atoms in total. The van der Waals surface area contributed by atoms with Crippen molar-refractivity contribution >= 4 is 17.7 Å². The molecule has 0 heterocycles. The molecule has 44 heavy (non-hydrogen) atoms. The summed E-state index contributed by atoms with van der Waals surface area (Å²) < 4.78 is 11.8. The number of Topliss-reactive ketones (excluding diaryl/α,β-unsaturated/α-hetero) is 1. The van der Waals surface area contributed by atoms with Crippen LogP contribution >= 0.6 is 0 Å². The second-order valence-corrected chi connectivity index (χ2v) is 12.9. The minimum absolute atomic E-state index is 0.0245. The Morgan fingerprint density at radius 3 is 2.30 bits per heavy atom. The first-order valence-corrected chi connectivity index (χ1v) is 15.4. The van der Waals surface area contributed by atoms with Crippen LogP contribution < -0.4 is 0 Å². The molecule has 8 heteroatoms. The zero-order chi connectivity index (χ0) is 32.3. The average Bonchev–Trinajstić information content (AvgIpc) is 3.41. The van der Waals surface area contributed by atoms with Crippen molar-refractivity contribution < 1.29 is 39.2 Å². The molecule has 0 aromatic rings. The molecule has 8 atom stereocenters. The van der Waals surface area contributed by atoms with Gasteiger partial charge in [0.1, 0.15) is 17.8 Å². The Morgan fingerprint density at radius 2 is 1.68 bits per heavy atom. The Bertz CT molecular complexity index is 1360. The number of carbonyl (C=O) groups is 3. The normalized spacial score (nSPS) is 38.1. The van der Waals surface area contributed by atoms with E-state index in [1.54, 1.807) is 19.1 Å². The summed E-state index contributed by atoms with van der Waals surface area (Å²) in [5.74, 6) is -3.87. The molecule has 4 aliphatic rings. The summed E-state index contributed by atoms with van der Waals surface area (Å²) in [6.07, 6.45) is 23.3. The van der Waals surface area contributed by atoms with Gasteiger partial charge < -0.3 is 24.8 Å². The summed E-state index contributed by atoms with van der Waals surface area (Å²) in [6.45, 7) is 8.22. The molecular weight excluding hydrogens is 560 g/mol. The quantitative estimate of drug-likeness (QED) is 0.176. The fourth-order valence-electron chi connectivity index (χ4n) is 8.05. The zero-order valence-corrected chi connectivity index (χ0v) is 26.4. The Kier molecular flexibility index (Phi) is 9.88. The Labute approximate surface area is 260 Å². The van der Waals surface area contributed by atoms with E-state index in [0.29, 0.717) is 17.6 Å². The van der Waals surface area contributed by atoms with Gasteiger partial charge in [0, 0.05) is 42.9 Å². The average molecular weight is 607 g/mol. The number of hydrogen-bond acceptors (Lipinski definition) is 8. The fraction of sp³-hybridized carbons (Fsp3) is 0.528. The molecule has 3 N–H and O–H groups in total. The van der Waals surface area contributed by atoms with E-state index in [1.807, 2.05) is 81.5 Å². The molecule has 0 aromatic heterocycles. The van der Waals surface area contributed by atoms with Gasteiger partial charge in [-0.25, -0.2) is 0 Å². The van der Waals surface area contributed by atoms with Gasteiger partial charge in [-0.15, -0.1) is 0 Å². The van der Waals surface area contributed by atoms with Crippen LogP contribution in [-0.4, -0.2) is 63.1 Å². The number of fused-ring (bicyclic) bond motifs is 5. The number of carbonyl (C=O) groups excluding carboxylic acids is 3. The van der Waals surface area contributed by atoms with Crippen molar-refractivity contribution in [3.05, 3.63) is 84.1 Å². The van der Waals surface area contributed by atoms with Crippen molar-refractivity contribution in [1.29, 1.82) is 0 Å². The number of allylic oxidation sites excluding steroid dienone is 10. The lowest BCUT2D eigenvalue weighted by molar-refractivity contribution is -0.186. The molecule has 2 saturated carbocycles. The van der Waals surface area contributed by atoms with Crippen LogP contribution in [0.3, 0.4) is 0 Å². The Balaban J connectivity index is 1.50. The highest BCUT2D eigenvalue weighted by Gasteiger charge is 2.85. The number of rotatable bonds is 11. The van der Waals surface area contributed by atoms with Crippen molar-refractivity contribution in [2.75, 3.05) is 13.2 Å². The van der Waals surface area contributed by atoms with Gasteiger partial charge in [-0.3, -0.25) is 14.4 Å². The molecule has 4 rings (SSSR count). The minimum atomic E-state index is -1.88. The van der Waals surface area contributed by atoms with E-state index in [4.69, 9.17) is 9.47 Å². The van der Waals surface area contributed by atoms with E-state index < -0.39 is 64.2 Å². The summed E-state index contributed by atoms with van der Waals surface area (Å²) in [6, 6.07) is 0. The summed E-state index contributed by atoms with van der Waals surface area (Å²) in [5.41, 5.74) is -4.47. The molecule has 0 aromatic carbocycles. The molecule has 0 spiro atoms. The van der Waals surface area contributed by atoms with Crippen molar-refractivity contribution in [3.63, 3.8) is 0 Å². The van der Waals surface area contributed by atoms with Crippen LogP contribution in [0.15, 0.2) is 84.1 Å². The van der Waals surface area contributed by atoms with Gasteiger partial charge in [0.25, 0.3) is 0 Å². The number of ketones is 1. The first-order chi connectivity index (χ1) is 20.8. The second kappa shape index (κ2) is 13.0. The third kappa shape index (κ3) is 5.75. The molecular formula is C36H46O8. The first kappa shape index (κ1) is 33.6. The minimum Gasteiger partial charge on any atom is -0.465 e. The van der Waals surface area contributed by atoms with Crippen molar-refractivity contribution in [2.45, 2.75) is 77.1 Å². The number of aliphatic hydroxyl groups excluding tert-OH is 1. The van der Waals surface area contributed by atoms with Gasteiger partial charge in [-0.1, -0.05) is 86.8 Å². The largest absolute Gasteiger partial charge is 0.465 e. The molecule has 0 saturated heterocycles. The van der Waals surface area contributed by atoms with Gasteiger partial charge >= 0.3 is 11.9 Å². The topological polar surface area (TPSA) is 130 Å². The number of esters is 2. The van der Waals surface area contributed by atoms with Crippen molar-refractivity contribution in [1.82, 2.24) is 0 Å². The second-order valence-electron chi connectivity index (χ2n) is 12.9. The van der Waals surface area contributed by atoms with Gasteiger partial charge in [0.15, 0.2) is 5.78 Å². The van der Waals surface area contributed by atoms with E-state index in [9.17, 15) is 29.7 Å². The van der Waals surface area contributed by atoms with Crippen LogP contribution in [-0.2, 0) is 23.9 Å². The van der Waals surface area contributed by atoms with E-state index in [2.05, 4.69) is 0 Å². The van der Waals surface area contributed by atoms with Crippen LogP contribution in [0.1, 0.15) is 60.3 Å². The molecule has 0 radical (unpaired) electrons. The lowest BCUT2D eigenvalue weighted by atomic mass is 9.60. The molecule has 0 amide bonds. The number of hydrogen-bond donors (Lipinski definition) is 3. The monoisotopic (exact) mass is 606 g/mol. The molecule has 0 bridgehead atoms. The lowest BCUT2D eigenvalue weighted by Crippen LogP contribution is -2.61. The van der Waals surface area contributed by atoms with Crippen LogP contribution in [0.4, 0.5) is 0 Å². The third-order valence-electron chi connectivity index (χ3n) is 10.1. The number of aliphatic hydroxyl groups is 3. The molecule has 0 aliphatic heterocycles. The Hall–Kier alpha value is -3.33. The summed E-state index contributed by atoms with van der Waals surface area (Å²) in [7, 11) is 0. The Morgan fingerprint density at radius 1 is 1.05 bits per heavy atom. The van der Waals surface area contributed by atoms with Gasteiger partial charge in [-0.05, 0) is 43.8 Å². The predicted molar refractivity (Wildman–Crippen MR) is 167 cm³/mol. The highest BCUT2D eigenvalue weighted by atomic mass is 16.6. The predicted octanol–water partition coefficient (Wildman–Crippen LogP) is 4.63. The highest BCUT2D eigenvalue weighted by Crippen LogP contribution is 2.76. The van der Waals surface area contributed by atoms with E-state index in [1.165, 1.54) is 6.92 Å². The third-order valence-corrected chi connectivity index (χ3v) is 10.1. The summed E-state index contributed by atoms with van der Waals surface area (Å²) in [4.78, 5) is 38.3. The maximum atomic E-state index is 13.1. The standard InChI is InChI=1S/C36H46O8/c1-6-7-8-9-10-11-12-13-14-15-16-17-30(39)43-23-33(5)31-28-19-27(22-37)21-34(41)29(18-24(2)32(34)40)36(28,42)25(3)20-35(31,33)44-26(4)38/h6-15,18-19,25,28-29,31,37,41-42H,16-17,20-23H2,1-5H3. The summed E-state index contributed by atoms with van der Waals surface area (Å²) >= 11 is 0. The first-order valence-electron chi connectivity index (χ1n) is 15.4. The highest BCUT2D eigenvalue weighted by molar-refractivity contribution is 6.04. The molecule has 8 unspecified atom stereocenters. The van der Waals surface area contributed by atoms with Crippen LogP contribution in [0, 0.1) is 29.1 Å². The lowest BCUT2D eigenvalue weighted by Gasteiger charge is -2.50. The molecule has 4 aliphatic carbocycles. The van der Waals surface area contributed by atoms with Crippen molar-refractivity contribution in [3.8, 4) is 0 Å². The zero-order valence-electron chi connectivity index (χ0n) is 26.4. The smallest absolute Gasteiger partial charge is 0.306 e. The van der Waals surface area contributed by atoms with E-state index in [-0.39, 0.29) is 31.8 Å². The SMILES string of the molecule is CC=CC=CC=CC=CC=CCCC(=O)OCC1(C)C2C3C=C(CO)CC4(O)C(=O)C(C)=CC4C3(O)C(C)CC21OC(C)=O. The maximum Gasteiger partial charge on any atom is 0.306 e. The van der Waals surface area contributed by atoms with E-state index in [0.717, 1.165) is 0 Å². The van der Waals surface area contributed by atoms with Crippen molar-refractivity contribution in [2.24, 2.45) is 29.1 Å². The van der Waals surface area contributed by atoms with E-state index >= 15 is 0 Å².